The van der Waals surface area contributed by atoms with Crippen LogP contribution in [0.3, 0.4) is 0 Å². The van der Waals surface area contributed by atoms with Crippen molar-refractivity contribution in [3.63, 3.8) is 0 Å². The van der Waals surface area contributed by atoms with Crippen LogP contribution in [-0.4, -0.2) is 11.0 Å². The van der Waals surface area contributed by atoms with Gasteiger partial charge in [0.2, 0.25) is 0 Å². The lowest BCUT2D eigenvalue weighted by Crippen LogP contribution is -2.21. The van der Waals surface area contributed by atoms with E-state index in [0.717, 1.165) is 17.1 Å². The van der Waals surface area contributed by atoms with Crippen molar-refractivity contribution < 1.29 is 13.2 Å². The summed E-state index contributed by atoms with van der Waals surface area (Å²) in [6, 6.07) is 5.45. The highest BCUT2D eigenvalue weighted by molar-refractivity contribution is 7.09. The number of nitrogens with zero attached hydrogens (tertiary/aromatic N) is 1. The maximum absolute atomic E-state index is 12.5. The fourth-order valence-corrected chi connectivity index (χ4v) is 2.40. The van der Waals surface area contributed by atoms with E-state index < -0.39 is 11.7 Å². The zero-order valence-corrected chi connectivity index (χ0v) is 12.0. The first-order chi connectivity index (χ1) is 9.36. The van der Waals surface area contributed by atoms with E-state index in [1.54, 1.807) is 0 Å². The van der Waals surface area contributed by atoms with Crippen LogP contribution in [0.15, 0.2) is 29.6 Å². The largest absolute Gasteiger partial charge is 0.416 e. The van der Waals surface area contributed by atoms with Crippen LogP contribution in [0.2, 0.25) is 0 Å². The Balaban J connectivity index is 2.12. The molecule has 0 atom stereocenters. The van der Waals surface area contributed by atoms with E-state index in [1.807, 2.05) is 19.2 Å². The molecule has 0 aliphatic rings. The molecule has 108 valence electrons. The lowest BCUT2D eigenvalue weighted by Gasteiger charge is -2.06. The molecule has 0 saturated heterocycles. The van der Waals surface area contributed by atoms with Gasteiger partial charge < -0.3 is 5.32 Å². The molecule has 1 N–H and O–H groups in total. The van der Waals surface area contributed by atoms with Crippen molar-refractivity contribution in [2.24, 2.45) is 0 Å². The summed E-state index contributed by atoms with van der Waals surface area (Å²) in [6.45, 7) is 4.76. The number of thiazole rings is 1. The minimum absolute atomic E-state index is 0.369. The van der Waals surface area contributed by atoms with E-state index in [4.69, 9.17) is 0 Å². The summed E-state index contributed by atoms with van der Waals surface area (Å²) >= 11 is 1.50. The van der Waals surface area contributed by atoms with Gasteiger partial charge in [0.05, 0.1) is 11.3 Å². The molecule has 0 aliphatic heterocycles. The summed E-state index contributed by atoms with van der Waals surface area (Å²) in [5, 5.41) is 6.04. The van der Waals surface area contributed by atoms with Gasteiger partial charge in [-0.1, -0.05) is 26.0 Å². The topological polar surface area (TPSA) is 24.9 Å². The molecule has 2 nitrogen and oxygen atoms in total. The molecule has 6 heteroatoms. The first-order valence-electron chi connectivity index (χ1n) is 6.21. The second kappa shape index (κ2) is 5.93. The van der Waals surface area contributed by atoms with Crippen molar-refractivity contribution in [2.75, 3.05) is 0 Å². The van der Waals surface area contributed by atoms with E-state index in [1.165, 1.54) is 23.5 Å². The van der Waals surface area contributed by atoms with Crippen molar-refractivity contribution in [1.82, 2.24) is 10.3 Å². The molecule has 0 spiro atoms. The van der Waals surface area contributed by atoms with Gasteiger partial charge in [0, 0.05) is 23.5 Å². The maximum atomic E-state index is 12.5. The fraction of sp³-hybridized carbons (Fsp3) is 0.357. The number of aromatic nitrogens is 1. The number of nitrogens with one attached hydrogen (secondary N) is 1. The minimum atomic E-state index is -4.30. The third-order valence-corrected chi connectivity index (χ3v) is 3.57. The van der Waals surface area contributed by atoms with Crippen molar-refractivity contribution in [3.05, 3.63) is 40.2 Å². The molecule has 20 heavy (non-hydrogen) atoms. The van der Waals surface area contributed by atoms with Crippen LogP contribution in [-0.2, 0) is 12.7 Å². The van der Waals surface area contributed by atoms with Crippen LogP contribution in [0.25, 0.3) is 11.3 Å². The molecule has 0 amide bonds. The standard InChI is InChI=1S/C14H15F3N2S/c1-9(2)18-7-13-19-12(8-20-13)10-3-5-11(6-4-10)14(15,16)17/h3-6,8-9,18H,7H2,1-2H3. The summed E-state index contributed by atoms with van der Waals surface area (Å²) in [6.07, 6.45) is -4.30. The van der Waals surface area contributed by atoms with Gasteiger partial charge in [-0.15, -0.1) is 11.3 Å². The molecule has 1 aromatic carbocycles. The third kappa shape index (κ3) is 3.80. The second-order valence-electron chi connectivity index (χ2n) is 4.74. The molecule has 0 radical (unpaired) electrons. The highest BCUT2D eigenvalue weighted by Crippen LogP contribution is 2.31. The summed E-state index contributed by atoms with van der Waals surface area (Å²) in [5.41, 5.74) is 0.771. The van der Waals surface area contributed by atoms with Crippen molar-refractivity contribution >= 4 is 11.3 Å². The van der Waals surface area contributed by atoms with Gasteiger partial charge in [0.25, 0.3) is 0 Å². The number of hydrogen-bond acceptors (Lipinski definition) is 3. The lowest BCUT2D eigenvalue weighted by atomic mass is 10.1. The first kappa shape index (κ1) is 15.0. The quantitative estimate of drug-likeness (QED) is 0.909. The molecule has 1 aromatic heterocycles. The van der Waals surface area contributed by atoms with Gasteiger partial charge in [0.1, 0.15) is 5.01 Å². The molecular formula is C14H15F3N2S. The Hall–Kier alpha value is -1.40. The van der Waals surface area contributed by atoms with Gasteiger partial charge >= 0.3 is 6.18 Å². The Kier molecular flexibility index (Phi) is 4.45. The first-order valence-corrected chi connectivity index (χ1v) is 7.09. The molecule has 0 fully saturated rings. The minimum Gasteiger partial charge on any atom is -0.308 e. The number of rotatable bonds is 4. The van der Waals surface area contributed by atoms with E-state index >= 15 is 0 Å². The van der Waals surface area contributed by atoms with E-state index in [2.05, 4.69) is 10.3 Å². The van der Waals surface area contributed by atoms with Crippen LogP contribution in [0.5, 0.6) is 0 Å². The normalized spacial score (nSPS) is 12.1. The van der Waals surface area contributed by atoms with Crippen molar-refractivity contribution in [1.29, 1.82) is 0 Å². The number of halogens is 3. The summed E-state index contributed by atoms with van der Waals surface area (Å²) < 4.78 is 37.4. The zero-order valence-electron chi connectivity index (χ0n) is 11.2. The molecule has 2 aromatic rings. The highest BCUT2D eigenvalue weighted by atomic mass is 32.1. The number of hydrogen-bond donors (Lipinski definition) is 1. The van der Waals surface area contributed by atoms with Crippen LogP contribution >= 0.6 is 11.3 Å². The Labute approximate surface area is 119 Å². The van der Waals surface area contributed by atoms with Crippen molar-refractivity contribution in [3.8, 4) is 11.3 Å². The van der Waals surface area contributed by atoms with E-state index in [9.17, 15) is 13.2 Å². The van der Waals surface area contributed by atoms with E-state index in [0.29, 0.717) is 23.8 Å². The van der Waals surface area contributed by atoms with Gasteiger partial charge in [-0.05, 0) is 12.1 Å². The molecule has 2 rings (SSSR count). The third-order valence-electron chi connectivity index (χ3n) is 2.72. The van der Waals surface area contributed by atoms with Crippen LogP contribution in [0.4, 0.5) is 13.2 Å². The Morgan fingerprint density at radius 1 is 1.20 bits per heavy atom. The van der Waals surface area contributed by atoms with Crippen LogP contribution < -0.4 is 5.32 Å². The second-order valence-corrected chi connectivity index (χ2v) is 5.68. The SMILES string of the molecule is CC(C)NCc1nc(-c2ccc(C(F)(F)F)cc2)cs1. The predicted molar refractivity (Wildman–Crippen MR) is 74.5 cm³/mol. The van der Waals surface area contributed by atoms with Crippen LogP contribution in [0.1, 0.15) is 24.4 Å². The van der Waals surface area contributed by atoms with Crippen LogP contribution in [0, 0.1) is 0 Å². The molecule has 1 heterocycles. The molecule has 0 bridgehead atoms. The maximum Gasteiger partial charge on any atom is 0.416 e. The monoisotopic (exact) mass is 300 g/mol. The average Bonchev–Trinajstić information content (AvgIpc) is 2.84. The zero-order chi connectivity index (χ0) is 14.8. The Morgan fingerprint density at radius 2 is 1.85 bits per heavy atom. The predicted octanol–water partition coefficient (Wildman–Crippen LogP) is 4.33. The molecular weight excluding hydrogens is 285 g/mol. The Bertz CT molecular complexity index is 559. The number of alkyl halides is 3. The Morgan fingerprint density at radius 3 is 2.40 bits per heavy atom. The number of benzene rings is 1. The summed E-state index contributed by atoms with van der Waals surface area (Å²) in [7, 11) is 0. The van der Waals surface area contributed by atoms with Gasteiger partial charge in [-0.3, -0.25) is 0 Å². The molecule has 0 saturated carbocycles. The summed E-state index contributed by atoms with van der Waals surface area (Å²) in [5.74, 6) is 0. The highest BCUT2D eigenvalue weighted by Gasteiger charge is 2.30. The van der Waals surface area contributed by atoms with Gasteiger partial charge in [0.15, 0.2) is 0 Å². The van der Waals surface area contributed by atoms with Gasteiger partial charge in [-0.2, -0.15) is 13.2 Å². The summed E-state index contributed by atoms with van der Waals surface area (Å²) in [4.78, 5) is 4.42. The molecule has 0 unspecified atom stereocenters. The average molecular weight is 300 g/mol. The van der Waals surface area contributed by atoms with Crippen molar-refractivity contribution in [2.45, 2.75) is 32.6 Å². The molecule has 0 aliphatic carbocycles. The van der Waals surface area contributed by atoms with Gasteiger partial charge in [-0.25, -0.2) is 4.98 Å². The lowest BCUT2D eigenvalue weighted by molar-refractivity contribution is -0.137. The van der Waals surface area contributed by atoms with E-state index in [-0.39, 0.29) is 0 Å². The smallest absolute Gasteiger partial charge is 0.308 e. The fourth-order valence-electron chi connectivity index (χ4n) is 1.65.